The van der Waals surface area contributed by atoms with Gasteiger partial charge in [-0.25, -0.2) is 0 Å². The average molecular weight is 346 g/mol. The van der Waals surface area contributed by atoms with E-state index in [0.717, 1.165) is 16.9 Å². The van der Waals surface area contributed by atoms with Gasteiger partial charge < -0.3 is 9.73 Å². The zero-order valence-electron chi connectivity index (χ0n) is 12.4. The first-order valence-electron chi connectivity index (χ1n) is 7.29. The minimum Gasteiger partial charge on any atom is -0.469 e. The third-order valence-electron chi connectivity index (χ3n) is 3.64. The van der Waals surface area contributed by atoms with Crippen LogP contribution in [-0.4, -0.2) is 12.5 Å². The molecule has 3 nitrogen and oxygen atoms in total. The number of halogens is 1. The van der Waals surface area contributed by atoms with Crippen molar-refractivity contribution >= 4 is 28.8 Å². The Hall–Kier alpha value is -2.04. The van der Waals surface area contributed by atoms with Crippen molar-refractivity contribution in [1.82, 2.24) is 5.32 Å². The van der Waals surface area contributed by atoms with E-state index in [1.807, 2.05) is 35.7 Å². The summed E-state index contributed by atoms with van der Waals surface area (Å²) in [5.74, 6) is 0.817. The van der Waals surface area contributed by atoms with Crippen LogP contribution in [0.4, 0.5) is 0 Å². The molecule has 1 N–H and O–H groups in total. The van der Waals surface area contributed by atoms with Crippen LogP contribution < -0.4 is 5.32 Å². The van der Waals surface area contributed by atoms with Crippen LogP contribution in [0.2, 0.25) is 5.02 Å². The molecule has 2 heterocycles. The lowest BCUT2D eigenvalue weighted by Crippen LogP contribution is -2.30. The van der Waals surface area contributed by atoms with Crippen molar-refractivity contribution in [3.05, 3.63) is 81.4 Å². The van der Waals surface area contributed by atoms with E-state index in [2.05, 4.69) is 16.8 Å². The van der Waals surface area contributed by atoms with Crippen LogP contribution in [0.3, 0.4) is 0 Å². The maximum Gasteiger partial charge on any atom is 0.224 e. The van der Waals surface area contributed by atoms with Crippen molar-refractivity contribution in [1.29, 1.82) is 0 Å². The number of carbonyl (C=O) groups is 1. The Morgan fingerprint density at radius 1 is 1.22 bits per heavy atom. The molecule has 1 amide bonds. The third kappa shape index (κ3) is 4.03. The van der Waals surface area contributed by atoms with Gasteiger partial charge in [-0.2, -0.15) is 11.3 Å². The number of amides is 1. The van der Waals surface area contributed by atoms with Gasteiger partial charge in [-0.3, -0.25) is 4.79 Å². The number of carbonyl (C=O) groups excluding carboxylic acids is 1. The van der Waals surface area contributed by atoms with Crippen molar-refractivity contribution in [3.63, 3.8) is 0 Å². The van der Waals surface area contributed by atoms with E-state index in [1.54, 1.807) is 23.7 Å². The normalized spacial score (nSPS) is 12.0. The zero-order valence-corrected chi connectivity index (χ0v) is 13.9. The Morgan fingerprint density at radius 2 is 2.09 bits per heavy atom. The molecule has 2 aromatic heterocycles. The van der Waals surface area contributed by atoms with E-state index in [9.17, 15) is 4.79 Å². The monoisotopic (exact) mass is 345 g/mol. The average Bonchev–Trinajstić information content (AvgIpc) is 3.23. The predicted molar refractivity (Wildman–Crippen MR) is 93.0 cm³/mol. The van der Waals surface area contributed by atoms with Crippen LogP contribution in [-0.2, 0) is 11.2 Å². The molecule has 1 atom stereocenters. The predicted octanol–water partition coefficient (Wildman–Crippen LogP) is 4.49. The minimum atomic E-state index is -0.0510. The summed E-state index contributed by atoms with van der Waals surface area (Å²) in [4.78, 5) is 12.2. The lowest BCUT2D eigenvalue weighted by atomic mass is 9.99. The van der Waals surface area contributed by atoms with E-state index >= 15 is 0 Å². The number of rotatable bonds is 6. The Morgan fingerprint density at radius 3 is 2.78 bits per heavy atom. The highest BCUT2D eigenvalue weighted by molar-refractivity contribution is 7.08. The fourth-order valence-corrected chi connectivity index (χ4v) is 3.36. The minimum absolute atomic E-state index is 0.0199. The molecule has 0 saturated carbocycles. The first-order chi connectivity index (χ1) is 11.2. The maximum atomic E-state index is 12.2. The van der Waals surface area contributed by atoms with Crippen molar-refractivity contribution in [2.24, 2.45) is 0 Å². The number of hydrogen-bond donors (Lipinski definition) is 1. The van der Waals surface area contributed by atoms with Gasteiger partial charge >= 0.3 is 0 Å². The van der Waals surface area contributed by atoms with Gasteiger partial charge in [0.1, 0.15) is 5.76 Å². The smallest absolute Gasteiger partial charge is 0.224 e. The third-order valence-corrected chi connectivity index (χ3v) is 4.71. The van der Waals surface area contributed by atoms with Crippen LogP contribution >= 0.6 is 22.9 Å². The second kappa shape index (κ2) is 7.49. The van der Waals surface area contributed by atoms with E-state index in [1.165, 1.54) is 0 Å². The van der Waals surface area contributed by atoms with Gasteiger partial charge in [0.25, 0.3) is 0 Å². The summed E-state index contributed by atoms with van der Waals surface area (Å²) >= 11 is 7.73. The molecule has 0 bridgehead atoms. The van der Waals surface area contributed by atoms with E-state index < -0.39 is 0 Å². The lowest BCUT2D eigenvalue weighted by Gasteiger charge is -2.15. The molecule has 1 unspecified atom stereocenters. The first-order valence-corrected chi connectivity index (χ1v) is 8.61. The lowest BCUT2D eigenvalue weighted by molar-refractivity contribution is -0.120. The SMILES string of the molecule is O=C(Cc1ccccc1Cl)NCC(c1ccsc1)c1ccco1. The van der Waals surface area contributed by atoms with Gasteiger partial charge in [-0.1, -0.05) is 29.8 Å². The molecular weight excluding hydrogens is 330 g/mol. The molecule has 0 aliphatic carbocycles. The van der Waals surface area contributed by atoms with E-state index in [-0.39, 0.29) is 18.2 Å². The van der Waals surface area contributed by atoms with Crippen molar-refractivity contribution in [3.8, 4) is 0 Å². The number of furan rings is 1. The van der Waals surface area contributed by atoms with Gasteiger partial charge in [0.15, 0.2) is 0 Å². The summed E-state index contributed by atoms with van der Waals surface area (Å²) in [6.07, 6.45) is 1.93. The Bertz CT molecular complexity index is 719. The zero-order chi connectivity index (χ0) is 16.1. The topological polar surface area (TPSA) is 42.2 Å². The highest BCUT2D eigenvalue weighted by atomic mass is 35.5. The number of benzene rings is 1. The fourth-order valence-electron chi connectivity index (χ4n) is 2.44. The van der Waals surface area contributed by atoms with Gasteiger partial charge in [-0.15, -0.1) is 0 Å². The highest BCUT2D eigenvalue weighted by Gasteiger charge is 2.18. The molecule has 0 aliphatic heterocycles. The summed E-state index contributed by atoms with van der Waals surface area (Å²) < 4.78 is 5.52. The summed E-state index contributed by atoms with van der Waals surface area (Å²) in [6, 6.07) is 13.2. The highest BCUT2D eigenvalue weighted by Crippen LogP contribution is 2.26. The van der Waals surface area contributed by atoms with E-state index in [4.69, 9.17) is 16.0 Å². The van der Waals surface area contributed by atoms with Crippen molar-refractivity contribution in [2.45, 2.75) is 12.3 Å². The van der Waals surface area contributed by atoms with Crippen LogP contribution in [0, 0.1) is 0 Å². The van der Waals surface area contributed by atoms with Gasteiger partial charge in [-0.05, 0) is 46.2 Å². The quantitative estimate of drug-likeness (QED) is 0.715. The van der Waals surface area contributed by atoms with Crippen LogP contribution in [0.15, 0.2) is 63.9 Å². The van der Waals surface area contributed by atoms with Crippen molar-refractivity contribution < 1.29 is 9.21 Å². The molecular formula is C18H16ClNO2S. The molecule has 3 rings (SSSR count). The van der Waals surface area contributed by atoms with Crippen LogP contribution in [0.1, 0.15) is 22.8 Å². The van der Waals surface area contributed by atoms with Crippen molar-refractivity contribution in [2.75, 3.05) is 6.54 Å². The number of hydrogen-bond acceptors (Lipinski definition) is 3. The molecule has 0 spiro atoms. The second-order valence-corrected chi connectivity index (χ2v) is 6.38. The Balaban J connectivity index is 1.65. The summed E-state index contributed by atoms with van der Waals surface area (Å²) in [6.45, 7) is 0.494. The van der Waals surface area contributed by atoms with Gasteiger partial charge in [0.05, 0.1) is 18.6 Å². The molecule has 0 radical (unpaired) electrons. The van der Waals surface area contributed by atoms with Gasteiger partial charge in [0.2, 0.25) is 5.91 Å². The van der Waals surface area contributed by atoms with Crippen LogP contribution in [0.5, 0.6) is 0 Å². The second-order valence-electron chi connectivity index (χ2n) is 5.20. The Labute approximate surface area is 143 Å². The number of nitrogens with one attached hydrogen (secondary N) is 1. The van der Waals surface area contributed by atoms with E-state index in [0.29, 0.717) is 11.6 Å². The maximum absolute atomic E-state index is 12.2. The molecule has 0 fully saturated rings. The standard InChI is InChI=1S/C18H16ClNO2S/c19-16-5-2-1-4-13(16)10-18(21)20-11-15(14-7-9-23-12-14)17-6-3-8-22-17/h1-9,12,15H,10-11H2,(H,20,21). The summed E-state index contributed by atoms with van der Waals surface area (Å²) in [5.41, 5.74) is 1.97. The first kappa shape index (κ1) is 15.8. The Kier molecular flexibility index (Phi) is 5.16. The molecule has 1 aromatic carbocycles. The molecule has 0 aliphatic rings. The molecule has 3 aromatic rings. The fraction of sp³-hybridized carbons (Fsp3) is 0.167. The van der Waals surface area contributed by atoms with Crippen LogP contribution in [0.25, 0.3) is 0 Å². The molecule has 5 heteroatoms. The molecule has 118 valence electrons. The summed E-state index contributed by atoms with van der Waals surface area (Å²) in [7, 11) is 0. The largest absolute Gasteiger partial charge is 0.469 e. The molecule has 23 heavy (non-hydrogen) atoms. The van der Waals surface area contributed by atoms with Gasteiger partial charge in [0, 0.05) is 11.6 Å². The molecule has 0 saturated heterocycles. The number of thiophene rings is 1. The summed E-state index contributed by atoms with van der Waals surface area (Å²) in [5, 5.41) is 7.70.